The van der Waals surface area contributed by atoms with Gasteiger partial charge in [0, 0.05) is 7.11 Å². The van der Waals surface area contributed by atoms with Gasteiger partial charge in [0.15, 0.2) is 0 Å². The van der Waals surface area contributed by atoms with E-state index in [4.69, 9.17) is 4.74 Å². The van der Waals surface area contributed by atoms with Gasteiger partial charge in [0.05, 0.1) is 6.10 Å². The zero-order valence-corrected chi connectivity index (χ0v) is 5.81. The Bertz CT molecular complexity index is 43.7. The van der Waals surface area contributed by atoms with Crippen molar-refractivity contribution in [2.24, 2.45) is 0 Å². The first-order valence-electron chi connectivity index (χ1n) is 3.17. The van der Waals surface area contributed by atoms with Gasteiger partial charge in [0.25, 0.3) is 0 Å². The fraction of sp³-hybridized carbons (Fsp3) is 0.857. The average Bonchev–Trinajstić information content (AvgIpc) is 1.83. The molecule has 1 heteroatoms. The lowest BCUT2D eigenvalue weighted by molar-refractivity contribution is 0.129. The molecular weight excluding hydrogens is 100 g/mol. The second-order valence-corrected chi connectivity index (χ2v) is 2.00. The highest BCUT2D eigenvalue weighted by Crippen LogP contribution is 2.00. The van der Waals surface area contributed by atoms with Gasteiger partial charge >= 0.3 is 0 Å². The van der Waals surface area contributed by atoms with Crippen LogP contribution in [0.15, 0.2) is 0 Å². The van der Waals surface area contributed by atoms with E-state index in [0.29, 0.717) is 0 Å². The van der Waals surface area contributed by atoms with Gasteiger partial charge in [-0.25, -0.2) is 0 Å². The number of unbranched alkanes of at least 4 members (excludes halogenated alkanes) is 1. The average molecular weight is 115 g/mol. The molecule has 1 radical (unpaired) electrons. The Labute approximate surface area is 52.0 Å². The highest BCUT2D eigenvalue weighted by molar-refractivity contribution is 4.57. The van der Waals surface area contributed by atoms with Crippen LogP contribution in [0.1, 0.15) is 26.2 Å². The molecule has 0 bridgehead atoms. The maximum atomic E-state index is 4.94. The maximum absolute atomic E-state index is 4.94. The molecule has 8 heavy (non-hydrogen) atoms. The summed E-state index contributed by atoms with van der Waals surface area (Å²) in [6, 6.07) is 0. The Balaban J connectivity index is 2.86. The third-order valence-electron chi connectivity index (χ3n) is 1.21. The van der Waals surface area contributed by atoms with E-state index >= 15 is 0 Å². The maximum Gasteiger partial charge on any atom is 0.0572 e. The summed E-state index contributed by atoms with van der Waals surface area (Å²) in [6.45, 7) is 5.94. The Hall–Kier alpha value is -0.0400. The van der Waals surface area contributed by atoms with Crippen LogP contribution in [0.2, 0.25) is 0 Å². The van der Waals surface area contributed by atoms with E-state index in [2.05, 4.69) is 13.8 Å². The van der Waals surface area contributed by atoms with Crippen LogP contribution >= 0.6 is 0 Å². The van der Waals surface area contributed by atoms with Gasteiger partial charge < -0.3 is 4.74 Å². The van der Waals surface area contributed by atoms with Crippen LogP contribution in [0.5, 0.6) is 0 Å². The van der Waals surface area contributed by atoms with Gasteiger partial charge in [0.1, 0.15) is 0 Å². The van der Waals surface area contributed by atoms with Crippen LogP contribution in [-0.2, 0) is 4.74 Å². The van der Waals surface area contributed by atoms with Gasteiger partial charge in [-0.15, -0.1) is 0 Å². The van der Waals surface area contributed by atoms with Crippen molar-refractivity contribution in [3.05, 3.63) is 6.92 Å². The third-order valence-corrected chi connectivity index (χ3v) is 1.21. The first-order valence-corrected chi connectivity index (χ1v) is 3.17. The number of methoxy groups -OCH3 is 1. The molecule has 0 saturated heterocycles. The zero-order chi connectivity index (χ0) is 6.41. The number of hydrogen-bond acceptors (Lipinski definition) is 1. The van der Waals surface area contributed by atoms with E-state index in [9.17, 15) is 0 Å². The molecule has 0 unspecified atom stereocenters. The minimum atomic E-state index is 0.204. The van der Waals surface area contributed by atoms with Gasteiger partial charge in [-0.1, -0.05) is 19.8 Å². The lowest BCUT2D eigenvalue weighted by Crippen LogP contribution is -2.03. The summed E-state index contributed by atoms with van der Waals surface area (Å²) in [5.41, 5.74) is 0. The summed E-state index contributed by atoms with van der Waals surface area (Å²) < 4.78 is 4.94. The number of hydrogen-bond donors (Lipinski definition) is 0. The minimum Gasteiger partial charge on any atom is -0.381 e. The second-order valence-electron chi connectivity index (χ2n) is 2.00. The highest BCUT2D eigenvalue weighted by Gasteiger charge is 1.95. The lowest BCUT2D eigenvalue weighted by Gasteiger charge is -2.05. The molecule has 0 saturated carbocycles. The number of ether oxygens (including phenoxy) is 1. The summed E-state index contributed by atoms with van der Waals surface area (Å²) in [5, 5.41) is 0. The Kier molecular flexibility index (Phi) is 5.08. The van der Waals surface area contributed by atoms with Crippen molar-refractivity contribution < 1.29 is 4.74 Å². The van der Waals surface area contributed by atoms with E-state index in [1.54, 1.807) is 7.11 Å². The fourth-order valence-corrected chi connectivity index (χ4v) is 0.550. The Morgan fingerprint density at radius 1 is 1.62 bits per heavy atom. The van der Waals surface area contributed by atoms with E-state index in [-0.39, 0.29) is 6.10 Å². The summed E-state index contributed by atoms with van der Waals surface area (Å²) in [5.74, 6) is 0. The van der Waals surface area contributed by atoms with Crippen LogP contribution in [-0.4, -0.2) is 13.2 Å². The molecule has 1 nitrogen and oxygen atoms in total. The summed E-state index contributed by atoms with van der Waals surface area (Å²) >= 11 is 0. The van der Waals surface area contributed by atoms with Gasteiger partial charge in [-0.3, -0.25) is 0 Å². The Morgan fingerprint density at radius 2 is 2.25 bits per heavy atom. The molecule has 0 aromatic carbocycles. The third kappa shape index (κ3) is 4.13. The quantitative estimate of drug-likeness (QED) is 0.544. The van der Waals surface area contributed by atoms with Gasteiger partial charge in [-0.2, -0.15) is 0 Å². The van der Waals surface area contributed by atoms with Gasteiger partial charge in [0.2, 0.25) is 0 Å². The molecule has 1 atom stereocenters. The van der Waals surface area contributed by atoms with E-state index in [0.717, 1.165) is 6.42 Å². The highest BCUT2D eigenvalue weighted by atomic mass is 16.5. The zero-order valence-electron chi connectivity index (χ0n) is 5.81. The molecule has 0 amide bonds. The minimum absolute atomic E-state index is 0.204. The molecular formula is C7H15O. The van der Waals surface area contributed by atoms with Crippen molar-refractivity contribution in [3.8, 4) is 0 Å². The van der Waals surface area contributed by atoms with Crippen molar-refractivity contribution in [1.29, 1.82) is 0 Å². The summed E-state index contributed by atoms with van der Waals surface area (Å²) in [7, 11) is 1.70. The molecule has 49 valence electrons. The van der Waals surface area contributed by atoms with Crippen LogP contribution in [0, 0.1) is 6.92 Å². The molecule has 0 aliphatic heterocycles. The van der Waals surface area contributed by atoms with Crippen molar-refractivity contribution in [2.75, 3.05) is 7.11 Å². The standard InChI is InChI=1S/C7H15O/c1-4-5-6-7(2)8-3/h7H,2,4-6H2,1,3H3/t7-/m1/s1. The molecule has 0 rings (SSSR count). The first-order chi connectivity index (χ1) is 3.81. The Morgan fingerprint density at radius 3 is 2.62 bits per heavy atom. The topological polar surface area (TPSA) is 9.23 Å². The molecule has 0 heterocycles. The predicted octanol–water partition coefficient (Wildman–Crippen LogP) is 2.03. The van der Waals surface area contributed by atoms with Crippen LogP contribution in [0.4, 0.5) is 0 Å². The summed E-state index contributed by atoms with van der Waals surface area (Å²) in [6.07, 6.45) is 3.75. The smallest absolute Gasteiger partial charge is 0.0572 e. The van der Waals surface area contributed by atoms with Crippen molar-refractivity contribution >= 4 is 0 Å². The van der Waals surface area contributed by atoms with Crippen LogP contribution < -0.4 is 0 Å². The largest absolute Gasteiger partial charge is 0.381 e. The van der Waals surface area contributed by atoms with Crippen molar-refractivity contribution in [2.45, 2.75) is 32.3 Å². The first kappa shape index (κ1) is 7.96. The van der Waals surface area contributed by atoms with Crippen molar-refractivity contribution in [1.82, 2.24) is 0 Å². The van der Waals surface area contributed by atoms with Crippen LogP contribution in [0.25, 0.3) is 0 Å². The normalized spacial score (nSPS) is 13.9. The molecule has 0 aliphatic carbocycles. The molecule has 0 spiro atoms. The SMILES string of the molecule is [CH2][C@H](CCCC)OC. The molecule has 0 N–H and O–H groups in total. The van der Waals surface area contributed by atoms with E-state index in [1.165, 1.54) is 12.8 Å². The fourth-order valence-electron chi connectivity index (χ4n) is 0.550. The monoisotopic (exact) mass is 115 g/mol. The summed E-state index contributed by atoms with van der Waals surface area (Å²) in [4.78, 5) is 0. The predicted molar refractivity (Wildman–Crippen MR) is 35.7 cm³/mol. The molecule has 0 fully saturated rings. The van der Waals surface area contributed by atoms with Gasteiger partial charge in [-0.05, 0) is 13.3 Å². The van der Waals surface area contributed by atoms with Crippen molar-refractivity contribution in [3.63, 3.8) is 0 Å². The second kappa shape index (κ2) is 5.10. The van der Waals surface area contributed by atoms with E-state index < -0.39 is 0 Å². The molecule has 0 aromatic heterocycles. The molecule has 0 aromatic rings. The van der Waals surface area contributed by atoms with E-state index in [1.807, 2.05) is 0 Å². The van der Waals surface area contributed by atoms with Crippen LogP contribution in [0.3, 0.4) is 0 Å². The molecule has 0 aliphatic rings. The lowest BCUT2D eigenvalue weighted by atomic mass is 10.2. The number of rotatable bonds is 4.